The van der Waals surface area contributed by atoms with Crippen molar-refractivity contribution in [2.45, 2.75) is 44.6 Å². The lowest BCUT2D eigenvalue weighted by Crippen LogP contribution is -2.53. The van der Waals surface area contributed by atoms with Crippen molar-refractivity contribution in [3.05, 3.63) is 11.9 Å². The Kier molecular flexibility index (Phi) is 3.45. The normalized spacial score (nSPS) is 31.2. The Morgan fingerprint density at radius 2 is 1.90 bits per heavy atom. The molecule has 1 aromatic rings. The molecule has 4 aliphatic rings. The van der Waals surface area contributed by atoms with E-state index >= 15 is 0 Å². The number of rotatable bonds is 5. The van der Waals surface area contributed by atoms with E-state index in [9.17, 15) is 0 Å². The lowest BCUT2D eigenvalue weighted by molar-refractivity contribution is 0.0974. The van der Waals surface area contributed by atoms with Gasteiger partial charge in [0.1, 0.15) is 17.5 Å². The Morgan fingerprint density at radius 1 is 1.14 bits per heavy atom. The third-order valence-electron chi connectivity index (χ3n) is 5.03. The molecular weight excluding hydrogens is 262 g/mol. The van der Waals surface area contributed by atoms with Gasteiger partial charge in [-0.05, 0) is 51.6 Å². The molecule has 2 bridgehead atoms. The predicted molar refractivity (Wildman–Crippen MR) is 84.7 cm³/mol. The highest BCUT2D eigenvalue weighted by atomic mass is 15.2. The van der Waals surface area contributed by atoms with Gasteiger partial charge < -0.3 is 15.5 Å². The van der Waals surface area contributed by atoms with Crippen LogP contribution in [0, 0.1) is 5.92 Å². The van der Waals surface area contributed by atoms with E-state index in [-0.39, 0.29) is 0 Å². The second-order valence-corrected chi connectivity index (χ2v) is 6.69. The summed E-state index contributed by atoms with van der Waals surface area (Å²) in [6.07, 6.45) is 5.15. The average Bonchev–Trinajstić information content (AvgIpc) is 3.33. The van der Waals surface area contributed by atoms with Crippen LogP contribution in [0.5, 0.6) is 0 Å². The first-order chi connectivity index (χ1) is 10.3. The minimum absolute atomic E-state index is 0.559. The lowest BCUT2D eigenvalue weighted by Gasteiger charge is -2.45. The second-order valence-electron chi connectivity index (χ2n) is 6.69. The summed E-state index contributed by atoms with van der Waals surface area (Å²) in [6.45, 7) is 6.74. The van der Waals surface area contributed by atoms with E-state index in [1.807, 2.05) is 0 Å². The van der Waals surface area contributed by atoms with E-state index in [0.29, 0.717) is 12.0 Å². The predicted octanol–water partition coefficient (Wildman–Crippen LogP) is 2.29. The van der Waals surface area contributed by atoms with Crippen LogP contribution in [0.2, 0.25) is 0 Å². The fraction of sp³-hybridized carbons (Fsp3) is 0.750. The van der Waals surface area contributed by atoms with Crippen molar-refractivity contribution in [3.63, 3.8) is 0 Å². The molecule has 1 aromatic heterocycles. The summed E-state index contributed by atoms with van der Waals surface area (Å²) < 4.78 is 0. The third kappa shape index (κ3) is 2.84. The van der Waals surface area contributed by atoms with Gasteiger partial charge in [0.25, 0.3) is 0 Å². The smallest absolute Gasteiger partial charge is 0.136 e. The van der Waals surface area contributed by atoms with Crippen LogP contribution in [0.15, 0.2) is 6.07 Å². The molecule has 0 aromatic carbocycles. The zero-order valence-corrected chi connectivity index (χ0v) is 12.8. The van der Waals surface area contributed by atoms with Gasteiger partial charge in [0.15, 0.2) is 0 Å². The van der Waals surface area contributed by atoms with Crippen molar-refractivity contribution in [3.8, 4) is 0 Å². The Labute approximate surface area is 126 Å². The van der Waals surface area contributed by atoms with Crippen LogP contribution >= 0.6 is 0 Å². The molecule has 0 radical (unpaired) electrons. The first-order valence-corrected chi connectivity index (χ1v) is 8.43. The quantitative estimate of drug-likeness (QED) is 0.870. The standard InChI is InChI=1S/C16H25N5/c1-2-17-14-9-15(20-16(19-14)12-3-4-12)18-13-10-21-7-5-11(13)6-8-21/h9,11-13H,2-8,10H2,1H3,(H2,17,18,19,20). The highest BCUT2D eigenvalue weighted by molar-refractivity contribution is 5.49. The SMILES string of the molecule is CCNc1cc(NC2CN3CCC2CC3)nc(C2CC2)n1. The number of hydrogen-bond donors (Lipinski definition) is 2. The molecule has 5 heteroatoms. The van der Waals surface area contributed by atoms with Crippen molar-refractivity contribution in [2.24, 2.45) is 5.92 Å². The molecule has 0 amide bonds. The zero-order chi connectivity index (χ0) is 14.2. The monoisotopic (exact) mass is 287 g/mol. The van der Waals surface area contributed by atoms with Crippen LogP contribution in [0.1, 0.15) is 44.3 Å². The van der Waals surface area contributed by atoms with Crippen molar-refractivity contribution in [1.82, 2.24) is 14.9 Å². The minimum atomic E-state index is 0.559. The molecule has 1 saturated carbocycles. The van der Waals surface area contributed by atoms with Crippen molar-refractivity contribution in [2.75, 3.05) is 36.8 Å². The fourth-order valence-corrected chi connectivity index (χ4v) is 3.65. The molecule has 4 heterocycles. The minimum Gasteiger partial charge on any atom is -0.370 e. The van der Waals surface area contributed by atoms with E-state index in [1.165, 1.54) is 45.3 Å². The van der Waals surface area contributed by atoms with Gasteiger partial charge in [-0.25, -0.2) is 9.97 Å². The first kappa shape index (κ1) is 13.3. The van der Waals surface area contributed by atoms with Crippen LogP contribution in [0.25, 0.3) is 0 Å². The van der Waals surface area contributed by atoms with Gasteiger partial charge in [-0.2, -0.15) is 0 Å². The molecule has 21 heavy (non-hydrogen) atoms. The summed E-state index contributed by atoms with van der Waals surface area (Å²) in [5.74, 6) is 4.42. The highest BCUT2D eigenvalue weighted by Crippen LogP contribution is 2.39. The average molecular weight is 287 g/mol. The topological polar surface area (TPSA) is 53.1 Å². The number of piperidine rings is 3. The summed E-state index contributed by atoms with van der Waals surface area (Å²) >= 11 is 0. The molecule has 1 unspecified atom stereocenters. The summed E-state index contributed by atoms with van der Waals surface area (Å²) in [4.78, 5) is 12.0. The number of aromatic nitrogens is 2. The maximum absolute atomic E-state index is 4.77. The second kappa shape index (κ2) is 5.44. The molecule has 0 spiro atoms. The fourth-order valence-electron chi connectivity index (χ4n) is 3.65. The van der Waals surface area contributed by atoms with Crippen molar-refractivity contribution in [1.29, 1.82) is 0 Å². The Balaban J connectivity index is 1.53. The van der Waals surface area contributed by atoms with Gasteiger partial charge in [0, 0.05) is 31.1 Å². The van der Waals surface area contributed by atoms with Crippen LogP contribution < -0.4 is 10.6 Å². The Morgan fingerprint density at radius 3 is 2.52 bits per heavy atom. The van der Waals surface area contributed by atoms with Gasteiger partial charge in [-0.1, -0.05) is 0 Å². The van der Waals surface area contributed by atoms with E-state index < -0.39 is 0 Å². The summed E-state index contributed by atoms with van der Waals surface area (Å²) in [7, 11) is 0. The van der Waals surface area contributed by atoms with Gasteiger partial charge in [0.2, 0.25) is 0 Å². The number of fused-ring (bicyclic) bond motifs is 3. The third-order valence-corrected chi connectivity index (χ3v) is 5.03. The van der Waals surface area contributed by atoms with E-state index in [2.05, 4.69) is 33.5 Å². The molecule has 3 aliphatic heterocycles. The molecule has 1 aliphatic carbocycles. The largest absolute Gasteiger partial charge is 0.370 e. The Bertz CT molecular complexity index is 505. The summed E-state index contributed by atoms with van der Waals surface area (Å²) in [5, 5.41) is 7.04. The summed E-state index contributed by atoms with van der Waals surface area (Å²) in [6, 6.07) is 2.64. The summed E-state index contributed by atoms with van der Waals surface area (Å²) in [5.41, 5.74) is 0. The van der Waals surface area contributed by atoms with E-state index in [1.54, 1.807) is 0 Å². The van der Waals surface area contributed by atoms with Crippen LogP contribution in [0.4, 0.5) is 11.6 Å². The molecule has 2 N–H and O–H groups in total. The molecular formula is C16H25N5. The highest BCUT2D eigenvalue weighted by Gasteiger charge is 2.34. The molecule has 114 valence electrons. The van der Waals surface area contributed by atoms with Crippen LogP contribution in [-0.2, 0) is 0 Å². The molecule has 3 saturated heterocycles. The zero-order valence-electron chi connectivity index (χ0n) is 12.8. The number of anilines is 2. The van der Waals surface area contributed by atoms with Gasteiger partial charge in [0.05, 0.1) is 0 Å². The molecule has 4 fully saturated rings. The van der Waals surface area contributed by atoms with Crippen LogP contribution in [-0.4, -0.2) is 47.1 Å². The molecule has 5 nitrogen and oxygen atoms in total. The van der Waals surface area contributed by atoms with Gasteiger partial charge >= 0.3 is 0 Å². The lowest BCUT2D eigenvalue weighted by atomic mass is 9.84. The van der Waals surface area contributed by atoms with Crippen molar-refractivity contribution < 1.29 is 0 Å². The molecule has 1 atom stereocenters. The van der Waals surface area contributed by atoms with Gasteiger partial charge in [-0.3, -0.25) is 0 Å². The Hall–Kier alpha value is -1.36. The molecule has 5 rings (SSSR count). The maximum atomic E-state index is 4.77. The van der Waals surface area contributed by atoms with E-state index in [0.717, 1.165) is 29.9 Å². The van der Waals surface area contributed by atoms with Crippen molar-refractivity contribution >= 4 is 11.6 Å². The van der Waals surface area contributed by atoms with Crippen LogP contribution in [0.3, 0.4) is 0 Å². The first-order valence-electron chi connectivity index (χ1n) is 8.43. The van der Waals surface area contributed by atoms with E-state index in [4.69, 9.17) is 4.98 Å². The van der Waals surface area contributed by atoms with Gasteiger partial charge in [-0.15, -0.1) is 0 Å². The number of hydrogen-bond acceptors (Lipinski definition) is 5. The number of nitrogens with one attached hydrogen (secondary N) is 2. The maximum Gasteiger partial charge on any atom is 0.136 e. The number of nitrogens with zero attached hydrogens (tertiary/aromatic N) is 3.